The van der Waals surface area contributed by atoms with Crippen molar-refractivity contribution in [1.82, 2.24) is 14.8 Å². The quantitative estimate of drug-likeness (QED) is 0.827. The molecule has 4 nitrogen and oxygen atoms in total. The standard InChI is InChI=1S/C21H26FN3O/c1-24(2)21(26)15-25-12-10-17(11-13-25)20-5-3-4-19(23-20)14-16-6-8-18(22)9-7-16/h3-9,17H,10-15H2,1-2H3. The maximum absolute atomic E-state index is 13.0. The van der Waals surface area contributed by atoms with Crippen LogP contribution in [0, 0.1) is 5.82 Å². The van der Waals surface area contributed by atoms with Crippen molar-refractivity contribution >= 4 is 5.91 Å². The fraction of sp³-hybridized carbons (Fsp3) is 0.429. The number of aromatic nitrogens is 1. The number of likely N-dealkylation sites (N-methyl/N-ethyl adjacent to an activating group) is 1. The van der Waals surface area contributed by atoms with Gasteiger partial charge in [0, 0.05) is 37.8 Å². The Hall–Kier alpha value is -2.27. The van der Waals surface area contributed by atoms with E-state index in [1.807, 2.05) is 18.2 Å². The van der Waals surface area contributed by atoms with Crippen LogP contribution in [0.5, 0.6) is 0 Å². The number of hydrogen-bond donors (Lipinski definition) is 0. The molecule has 1 aromatic heterocycles. The summed E-state index contributed by atoms with van der Waals surface area (Å²) in [5, 5.41) is 0. The molecule has 1 aromatic carbocycles. The Balaban J connectivity index is 1.59. The zero-order chi connectivity index (χ0) is 18.5. The van der Waals surface area contributed by atoms with Crippen molar-refractivity contribution in [1.29, 1.82) is 0 Å². The molecule has 138 valence electrons. The number of hydrogen-bond acceptors (Lipinski definition) is 3. The van der Waals surface area contributed by atoms with Crippen molar-refractivity contribution in [2.24, 2.45) is 0 Å². The molecule has 1 amide bonds. The van der Waals surface area contributed by atoms with Crippen molar-refractivity contribution in [3.8, 4) is 0 Å². The third kappa shape index (κ3) is 4.88. The second-order valence-corrected chi connectivity index (χ2v) is 7.20. The van der Waals surface area contributed by atoms with E-state index < -0.39 is 0 Å². The molecular formula is C21H26FN3O. The predicted octanol–water partition coefficient (Wildman–Crippen LogP) is 3.08. The van der Waals surface area contributed by atoms with Crippen molar-refractivity contribution in [3.05, 3.63) is 65.2 Å². The molecule has 26 heavy (non-hydrogen) atoms. The summed E-state index contributed by atoms with van der Waals surface area (Å²) in [4.78, 5) is 20.6. The van der Waals surface area contributed by atoms with Gasteiger partial charge in [-0.2, -0.15) is 0 Å². The van der Waals surface area contributed by atoms with Crippen LogP contribution in [-0.2, 0) is 11.2 Å². The van der Waals surface area contributed by atoms with E-state index in [0.717, 1.165) is 42.9 Å². The van der Waals surface area contributed by atoms with Crippen molar-refractivity contribution < 1.29 is 9.18 Å². The van der Waals surface area contributed by atoms with Crippen molar-refractivity contribution in [3.63, 3.8) is 0 Å². The molecule has 2 aromatic rings. The highest BCUT2D eigenvalue weighted by Crippen LogP contribution is 2.27. The second-order valence-electron chi connectivity index (χ2n) is 7.20. The van der Waals surface area contributed by atoms with Crippen LogP contribution < -0.4 is 0 Å². The average molecular weight is 355 g/mol. The van der Waals surface area contributed by atoms with Crippen LogP contribution in [0.2, 0.25) is 0 Å². The zero-order valence-corrected chi connectivity index (χ0v) is 15.5. The Labute approximate surface area is 154 Å². The number of nitrogens with zero attached hydrogens (tertiary/aromatic N) is 3. The van der Waals surface area contributed by atoms with Crippen molar-refractivity contribution in [2.75, 3.05) is 33.7 Å². The Kier molecular flexibility index (Phi) is 5.99. The number of halogens is 1. The fourth-order valence-electron chi connectivity index (χ4n) is 3.35. The number of carbonyl (C=O) groups is 1. The summed E-state index contributed by atoms with van der Waals surface area (Å²) in [6.07, 6.45) is 2.76. The molecule has 2 heterocycles. The largest absolute Gasteiger partial charge is 0.348 e. The molecule has 1 fully saturated rings. The lowest BCUT2D eigenvalue weighted by Gasteiger charge is -2.31. The smallest absolute Gasteiger partial charge is 0.236 e. The summed E-state index contributed by atoms with van der Waals surface area (Å²) in [6.45, 7) is 2.35. The number of rotatable bonds is 5. The molecule has 3 rings (SSSR count). The lowest BCUT2D eigenvalue weighted by atomic mass is 9.92. The predicted molar refractivity (Wildman–Crippen MR) is 101 cm³/mol. The van der Waals surface area contributed by atoms with Gasteiger partial charge >= 0.3 is 0 Å². The molecule has 0 unspecified atom stereocenters. The minimum Gasteiger partial charge on any atom is -0.348 e. The van der Waals surface area contributed by atoms with E-state index in [1.54, 1.807) is 19.0 Å². The van der Waals surface area contributed by atoms with E-state index in [1.165, 1.54) is 12.1 Å². The zero-order valence-electron chi connectivity index (χ0n) is 15.5. The first-order valence-electron chi connectivity index (χ1n) is 9.14. The Morgan fingerprint density at radius 2 is 1.85 bits per heavy atom. The van der Waals surface area contributed by atoms with Gasteiger partial charge in [-0.05, 0) is 55.8 Å². The third-order valence-corrected chi connectivity index (χ3v) is 4.99. The minimum absolute atomic E-state index is 0.155. The molecule has 0 spiro atoms. The van der Waals surface area contributed by atoms with Gasteiger partial charge in [-0.25, -0.2) is 4.39 Å². The lowest BCUT2D eigenvalue weighted by Crippen LogP contribution is -2.40. The molecule has 0 radical (unpaired) electrons. The summed E-state index contributed by atoms with van der Waals surface area (Å²) in [6, 6.07) is 12.8. The third-order valence-electron chi connectivity index (χ3n) is 4.99. The highest BCUT2D eigenvalue weighted by atomic mass is 19.1. The maximum atomic E-state index is 13.0. The van der Waals surface area contributed by atoms with E-state index >= 15 is 0 Å². The van der Waals surface area contributed by atoms with Gasteiger partial charge in [0.15, 0.2) is 0 Å². The summed E-state index contributed by atoms with van der Waals surface area (Å²) < 4.78 is 13.0. The number of likely N-dealkylation sites (tertiary alicyclic amines) is 1. The molecule has 0 aliphatic carbocycles. The van der Waals surface area contributed by atoms with Crippen LogP contribution in [0.3, 0.4) is 0 Å². The number of carbonyl (C=O) groups excluding carboxylic acids is 1. The Bertz CT molecular complexity index is 737. The molecule has 1 aliphatic rings. The minimum atomic E-state index is -0.213. The van der Waals surface area contributed by atoms with Gasteiger partial charge in [-0.15, -0.1) is 0 Å². The molecule has 0 bridgehead atoms. The van der Waals surface area contributed by atoms with Crippen LogP contribution in [0.15, 0.2) is 42.5 Å². The number of amides is 1. The van der Waals surface area contributed by atoms with Gasteiger partial charge in [-0.3, -0.25) is 14.7 Å². The first-order chi connectivity index (χ1) is 12.5. The summed E-state index contributed by atoms with van der Waals surface area (Å²) in [7, 11) is 3.59. The van der Waals surface area contributed by atoms with E-state index in [-0.39, 0.29) is 11.7 Å². The summed E-state index contributed by atoms with van der Waals surface area (Å²) in [5.74, 6) is 0.381. The van der Waals surface area contributed by atoms with Crippen molar-refractivity contribution in [2.45, 2.75) is 25.2 Å². The van der Waals surface area contributed by atoms with Crippen LogP contribution in [0.1, 0.15) is 35.7 Å². The number of piperidine rings is 1. The first kappa shape index (κ1) is 18.5. The van der Waals surface area contributed by atoms with Crippen LogP contribution in [0.25, 0.3) is 0 Å². The molecule has 0 atom stereocenters. The monoisotopic (exact) mass is 355 g/mol. The van der Waals surface area contributed by atoms with Crippen LogP contribution in [-0.4, -0.2) is 54.4 Å². The first-order valence-corrected chi connectivity index (χ1v) is 9.14. The topological polar surface area (TPSA) is 36.4 Å². The van der Waals surface area contributed by atoms with E-state index in [9.17, 15) is 9.18 Å². The normalized spacial score (nSPS) is 15.8. The average Bonchev–Trinajstić information content (AvgIpc) is 2.64. The van der Waals surface area contributed by atoms with E-state index in [2.05, 4.69) is 17.0 Å². The Morgan fingerprint density at radius 3 is 2.50 bits per heavy atom. The Morgan fingerprint density at radius 1 is 1.15 bits per heavy atom. The molecule has 1 aliphatic heterocycles. The highest BCUT2D eigenvalue weighted by Gasteiger charge is 2.23. The number of pyridine rings is 1. The SMILES string of the molecule is CN(C)C(=O)CN1CCC(c2cccc(Cc3ccc(F)cc3)n2)CC1. The fourth-order valence-corrected chi connectivity index (χ4v) is 3.35. The maximum Gasteiger partial charge on any atom is 0.236 e. The van der Waals surface area contributed by atoms with Crippen LogP contribution in [0.4, 0.5) is 4.39 Å². The summed E-state index contributed by atoms with van der Waals surface area (Å²) in [5.41, 5.74) is 3.20. The molecule has 0 N–H and O–H groups in total. The molecular weight excluding hydrogens is 329 g/mol. The van der Waals surface area contributed by atoms with Crippen LogP contribution >= 0.6 is 0 Å². The highest BCUT2D eigenvalue weighted by molar-refractivity contribution is 5.77. The number of benzene rings is 1. The summed E-state index contributed by atoms with van der Waals surface area (Å²) >= 11 is 0. The lowest BCUT2D eigenvalue weighted by molar-refractivity contribution is -0.130. The van der Waals surface area contributed by atoms with Gasteiger partial charge in [0.2, 0.25) is 5.91 Å². The van der Waals surface area contributed by atoms with Gasteiger partial charge in [0.25, 0.3) is 0 Å². The second kappa shape index (κ2) is 8.41. The van der Waals surface area contributed by atoms with Gasteiger partial charge in [-0.1, -0.05) is 18.2 Å². The van der Waals surface area contributed by atoms with Gasteiger partial charge in [0.05, 0.1) is 6.54 Å². The van der Waals surface area contributed by atoms with E-state index in [4.69, 9.17) is 4.98 Å². The molecule has 0 saturated carbocycles. The van der Waals surface area contributed by atoms with E-state index in [0.29, 0.717) is 18.9 Å². The van der Waals surface area contributed by atoms with Gasteiger partial charge < -0.3 is 4.90 Å². The molecule has 5 heteroatoms. The molecule has 1 saturated heterocycles. The van der Waals surface area contributed by atoms with Gasteiger partial charge in [0.1, 0.15) is 5.82 Å².